The lowest BCUT2D eigenvalue weighted by molar-refractivity contribution is -0.146. The van der Waals surface area contributed by atoms with E-state index in [0.29, 0.717) is 13.1 Å². The van der Waals surface area contributed by atoms with Crippen LogP contribution < -0.4 is 0 Å². The molecule has 1 aliphatic heterocycles. The molecule has 7 heteroatoms. The molecule has 110 valence electrons. The summed E-state index contributed by atoms with van der Waals surface area (Å²) in [5, 5.41) is 10.5. The van der Waals surface area contributed by atoms with Crippen LogP contribution in [0.2, 0.25) is 0 Å². The molecule has 1 aromatic rings. The van der Waals surface area contributed by atoms with Gasteiger partial charge in [-0.05, 0) is 11.4 Å². The monoisotopic (exact) mass is 298 g/mol. The summed E-state index contributed by atoms with van der Waals surface area (Å²) in [6.45, 7) is 3.35. The predicted octanol–water partition coefficient (Wildman–Crippen LogP) is 0.494. The number of ether oxygens (including phenoxy) is 1. The third kappa shape index (κ3) is 4.59. The van der Waals surface area contributed by atoms with Crippen molar-refractivity contribution in [3.63, 3.8) is 0 Å². The van der Waals surface area contributed by atoms with E-state index < -0.39 is 12.6 Å². The van der Waals surface area contributed by atoms with Crippen molar-refractivity contribution in [3.8, 4) is 0 Å². The van der Waals surface area contributed by atoms with Gasteiger partial charge < -0.3 is 14.7 Å². The molecule has 20 heavy (non-hydrogen) atoms. The van der Waals surface area contributed by atoms with Crippen LogP contribution in [-0.4, -0.2) is 66.2 Å². The van der Waals surface area contributed by atoms with E-state index in [0.717, 1.165) is 19.6 Å². The van der Waals surface area contributed by atoms with Crippen molar-refractivity contribution in [1.82, 2.24) is 9.80 Å². The normalized spacial score (nSPS) is 16.3. The highest BCUT2D eigenvalue weighted by Crippen LogP contribution is 2.13. The first kappa shape index (κ1) is 15.0. The molecule has 1 aliphatic rings. The molecule has 1 amide bonds. The zero-order chi connectivity index (χ0) is 14.4. The van der Waals surface area contributed by atoms with Crippen LogP contribution in [0.5, 0.6) is 0 Å². The molecule has 2 rings (SSSR count). The summed E-state index contributed by atoms with van der Waals surface area (Å²) >= 11 is 1.74. The number of thiophene rings is 1. The largest absolute Gasteiger partial charge is 0.480 e. The zero-order valence-electron chi connectivity index (χ0n) is 11.2. The van der Waals surface area contributed by atoms with Crippen molar-refractivity contribution in [2.45, 2.75) is 6.54 Å². The van der Waals surface area contributed by atoms with Gasteiger partial charge >= 0.3 is 5.97 Å². The van der Waals surface area contributed by atoms with Crippen LogP contribution in [0, 0.1) is 0 Å². The number of hydrogen-bond donors (Lipinski definition) is 1. The molecule has 6 nitrogen and oxygen atoms in total. The molecule has 0 spiro atoms. The molecule has 0 saturated carbocycles. The maximum atomic E-state index is 11.8. The van der Waals surface area contributed by atoms with Crippen molar-refractivity contribution in [3.05, 3.63) is 22.4 Å². The van der Waals surface area contributed by atoms with Gasteiger partial charge in [-0.25, -0.2) is 4.79 Å². The first-order chi connectivity index (χ1) is 9.65. The molecule has 1 fully saturated rings. The predicted molar refractivity (Wildman–Crippen MR) is 74.6 cm³/mol. The third-order valence-corrected chi connectivity index (χ3v) is 4.00. The van der Waals surface area contributed by atoms with E-state index in [4.69, 9.17) is 9.84 Å². The third-order valence-electron chi connectivity index (χ3n) is 3.14. The lowest BCUT2D eigenvalue weighted by Gasteiger charge is -2.34. The molecule has 1 N–H and O–H groups in total. The van der Waals surface area contributed by atoms with Crippen LogP contribution in [0.15, 0.2) is 17.5 Å². The molecule has 0 aromatic carbocycles. The van der Waals surface area contributed by atoms with Gasteiger partial charge in [0.15, 0.2) is 0 Å². The number of nitrogens with zero attached hydrogens (tertiary/aromatic N) is 2. The summed E-state index contributed by atoms with van der Waals surface area (Å²) in [4.78, 5) is 27.5. The van der Waals surface area contributed by atoms with Crippen molar-refractivity contribution in [1.29, 1.82) is 0 Å². The number of aliphatic carboxylic acids is 1. The van der Waals surface area contributed by atoms with E-state index in [1.807, 2.05) is 6.07 Å². The van der Waals surface area contributed by atoms with Crippen LogP contribution in [0.4, 0.5) is 0 Å². The van der Waals surface area contributed by atoms with Crippen LogP contribution in [-0.2, 0) is 20.9 Å². The van der Waals surface area contributed by atoms with Gasteiger partial charge in [-0.1, -0.05) is 6.07 Å². The number of carbonyl (C=O) groups is 2. The van der Waals surface area contributed by atoms with E-state index in [-0.39, 0.29) is 12.5 Å². The van der Waals surface area contributed by atoms with Crippen molar-refractivity contribution < 1.29 is 19.4 Å². The molecule has 2 heterocycles. The van der Waals surface area contributed by atoms with E-state index in [9.17, 15) is 9.59 Å². The summed E-state index contributed by atoms with van der Waals surface area (Å²) in [7, 11) is 0. The van der Waals surface area contributed by atoms with Crippen molar-refractivity contribution in [2.24, 2.45) is 0 Å². The van der Waals surface area contributed by atoms with Gasteiger partial charge in [-0.3, -0.25) is 9.69 Å². The smallest absolute Gasteiger partial charge is 0.329 e. The first-order valence-electron chi connectivity index (χ1n) is 6.47. The Kier molecular flexibility index (Phi) is 5.51. The highest BCUT2D eigenvalue weighted by molar-refractivity contribution is 7.09. The fraction of sp³-hybridized carbons (Fsp3) is 0.538. The minimum Gasteiger partial charge on any atom is -0.480 e. The number of rotatable bonds is 6. The molecule has 1 saturated heterocycles. The number of hydrogen-bond acceptors (Lipinski definition) is 5. The molecule has 0 unspecified atom stereocenters. The Morgan fingerprint density at radius 3 is 2.60 bits per heavy atom. The fourth-order valence-corrected chi connectivity index (χ4v) is 2.84. The molecule has 1 aromatic heterocycles. The number of piperazine rings is 1. The Balaban J connectivity index is 1.68. The molecule has 0 bridgehead atoms. The van der Waals surface area contributed by atoms with Crippen LogP contribution >= 0.6 is 11.3 Å². The van der Waals surface area contributed by atoms with Crippen molar-refractivity contribution >= 4 is 23.2 Å². The van der Waals surface area contributed by atoms with Gasteiger partial charge in [0.25, 0.3) is 0 Å². The summed E-state index contributed by atoms with van der Waals surface area (Å²) in [6.07, 6.45) is 0. The van der Waals surface area contributed by atoms with Crippen LogP contribution in [0.3, 0.4) is 0 Å². The standard InChI is InChI=1S/C13H18N2O4S/c16-12(9-19-10-13(17)18)15-5-3-14(4-6-15)8-11-2-1-7-20-11/h1-2,7H,3-6,8-10H2,(H,17,18). The average molecular weight is 298 g/mol. The molecule has 0 aliphatic carbocycles. The first-order valence-corrected chi connectivity index (χ1v) is 7.35. The number of carbonyl (C=O) groups excluding carboxylic acids is 1. The Bertz CT molecular complexity index is 441. The quantitative estimate of drug-likeness (QED) is 0.828. The van der Waals surface area contributed by atoms with Gasteiger partial charge in [0, 0.05) is 37.6 Å². The fourth-order valence-electron chi connectivity index (χ4n) is 2.10. The summed E-state index contributed by atoms with van der Waals surface area (Å²) < 4.78 is 4.82. The lowest BCUT2D eigenvalue weighted by atomic mass is 10.3. The van der Waals surface area contributed by atoms with Gasteiger partial charge in [0.05, 0.1) is 0 Å². The summed E-state index contributed by atoms with van der Waals surface area (Å²) in [5.74, 6) is -1.19. The summed E-state index contributed by atoms with van der Waals surface area (Å²) in [6, 6.07) is 4.15. The maximum Gasteiger partial charge on any atom is 0.329 e. The lowest BCUT2D eigenvalue weighted by Crippen LogP contribution is -2.49. The topological polar surface area (TPSA) is 70.1 Å². The van der Waals surface area contributed by atoms with Crippen LogP contribution in [0.1, 0.15) is 4.88 Å². The highest BCUT2D eigenvalue weighted by Gasteiger charge is 2.21. The second kappa shape index (κ2) is 7.37. The number of amides is 1. The van der Waals surface area contributed by atoms with E-state index in [1.165, 1.54) is 4.88 Å². The SMILES string of the molecule is O=C(O)COCC(=O)N1CCN(Cc2cccs2)CC1. The molecular weight excluding hydrogens is 280 g/mol. The Morgan fingerprint density at radius 2 is 2.00 bits per heavy atom. The van der Waals surface area contributed by atoms with Gasteiger partial charge in [-0.15, -0.1) is 11.3 Å². The number of carboxylic acids is 1. The minimum absolute atomic E-state index is 0.137. The second-order valence-electron chi connectivity index (χ2n) is 4.62. The van der Waals surface area contributed by atoms with Crippen LogP contribution in [0.25, 0.3) is 0 Å². The van der Waals surface area contributed by atoms with Gasteiger partial charge in [0.2, 0.25) is 5.91 Å². The van der Waals surface area contributed by atoms with Crippen molar-refractivity contribution in [2.75, 3.05) is 39.4 Å². The summed E-state index contributed by atoms with van der Waals surface area (Å²) in [5.41, 5.74) is 0. The van der Waals surface area contributed by atoms with Gasteiger partial charge in [-0.2, -0.15) is 0 Å². The Morgan fingerprint density at radius 1 is 1.25 bits per heavy atom. The van der Waals surface area contributed by atoms with E-state index in [2.05, 4.69) is 16.3 Å². The van der Waals surface area contributed by atoms with E-state index >= 15 is 0 Å². The average Bonchev–Trinajstić information content (AvgIpc) is 2.92. The molecule has 0 atom stereocenters. The minimum atomic E-state index is -1.06. The maximum absolute atomic E-state index is 11.8. The molecular formula is C13H18N2O4S. The Labute approximate surface area is 121 Å². The van der Waals surface area contributed by atoms with E-state index in [1.54, 1.807) is 16.2 Å². The second-order valence-corrected chi connectivity index (χ2v) is 5.66. The Hall–Kier alpha value is -1.44. The highest BCUT2D eigenvalue weighted by atomic mass is 32.1. The zero-order valence-corrected chi connectivity index (χ0v) is 12.0. The van der Waals surface area contributed by atoms with Gasteiger partial charge in [0.1, 0.15) is 13.2 Å². The number of carboxylic acid groups (broad SMARTS) is 1. The molecule has 0 radical (unpaired) electrons.